The molecule has 0 spiro atoms. The van der Waals surface area contributed by atoms with Crippen molar-refractivity contribution in [2.24, 2.45) is 11.8 Å². The number of aromatic nitrogens is 5. The molecule has 196 valence electrons. The summed E-state index contributed by atoms with van der Waals surface area (Å²) in [5, 5.41) is 10.6. The molecule has 11 heteroatoms. The minimum atomic E-state index is -2.69. The topological polar surface area (TPSA) is 114 Å². The third-order valence-corrected chi connectivity index (χ3v) is 7.26. The molecule has 0 aliphatic heterocycles. The summed E-state index contributed by atoms with van der Waals surface area (Å²) >= 11 is 0. The number of hydrogen-bond donors (Lipinski definition) is 2. The molecule has 2 aliphatic carbocycles. The molecule has 2 amide bonds. The SMILES string of the molecule is CCCC(=O)N[C@@H](c1cnn2cc([C@@H](NC(=O)c3ccncn3)C3CCC(F)(F)CC3)nc2c1)C1CC1. The highest BCUT2D eigenvalue weighted by Gasteiger charge is 2.39. The van der Waals surface area contributed by atoms with Gasteiger partial charge in [0.25, 0.3) is 5.91 Å². The van der Waals surface area contributed by atoms with Crippen LogP contribution in [0.2, 0.25) is 0 Å². The van der Waals surface area contributed by atoms with Gasteiger partial charge in [0.2, 0.25) is 11.8 Å². The van der Waals surface area contributed by atoms with E-state index in [1.54, 1.807) is 16.9 Å². The highest BCUT2D eigenvalue weighted by Crippen LogP contribution is 2.42. The van der Waals surface area contributed by atoms with E-state index in [2.05, 4.69) is 25.7 Å². The number of nitrogens with zero attached hydrogens (tertiary/aromatic N) is 5. The van der Waals surface area contributed by atoms with E-state index in [1.165, 1.54) is 18.6 Å². The van der Waals surface area contributed by atoms with Crippen molar-refractivity contribution in [2.75, 3.05) is 0 Å². The molecule has 3 heterocycles. The van der Waals surface area contributed by atoms with Crippen molar-refractivity contribution in [3.63, 3.8) is 0 Å². The number of amides is 2. The lowest BCUT2D eigenvalue weighted by Crippen LogP contribution is -2.37. The molecule has 0 saturated heterocycles. The van der Waals surface area contributed by atoms with Gasteiger partial charge < -0.3 is 10.6 Å². The molecule has 2 aliphatic rings. The van der Waals surface area contributed by atoms with Gasteiger partial charge in [-0.25, -0.2) is 28.2 Å². The Bertz CT molecular complexity index is 1250. The van der Waals surface area contributed by atoms with Crippen LogP contribution < -0.4 is 10.6 Å². The van der Waals surface area contributed by atoms with Crippen LogP contribution in [0.3, 0.4) is 0 Å². The lowest BCUT2D eigenvalue weighted by atomic mass is 9.81. The standard InChI is InChI=1S/C26H31F2N7O2/c1-2-3-22(36)33-23(16-4-5-16)18-12-21-32-20(14-35(21)31-13-18)24(17-6-9-26(27,28)10-7-17)34-25(37)19-8-11-29-15-30-19/h8,11-17,23-24H,2-7,9-10H2,1H3,(H,33,36)(H,34,37)/t23-,24+/m1/s1. The van der Waals surface area contributed by atoms with Gasteiger partial charge in [-0.3, -0.25) is 9.59 Å². The molecule has 0 bridgehead atoms. The maximum atomic E-state index is 13.9. The Balaban J connectivity index is 1.43. The molecule has 2 atom stereocenters. The molecule has 37 heavy (non-hydrogen) atoms. The second kappa shape index (κ2) is 10.5. The highest BCUT2D eigenvalue weighted by atomic mass is 19.3. The molecule has 3 aromatic heterocycles. The number of carbonyl (C=O) groups is 2. The quantitative estimate of drug-likeness (QED) is 0.445. The van der Waals surface area contributed by atoms with Crippen LogP contribution in [0, 0.1) is 11.8 Å². The summed E-state index contributed by atoms with van der Waals surface area (Å²) in [6, 6.07) is 2.71. The molecule has 5 rings (SSSR count). The van der Waals surface area contributed by atoms with Gasteiger partial charge in [0.15, 0.2) is 5.65 Å². The number of nitrogens with one attached hydrogen (secondary N) is 2. The zero-order chi connectivity index (χ0) is 26.0. The molecular formula is C26H31F2N7O2. The summed E-state index contributed by atoms with van der Waals surface area (Å²) in [6.07, 6.45) is 9.66. The Labute approximate surface area is 213 Å². The summed E-state index contributed by atoms with van der Waals surface area (Å²) in [7, 11) is 0. The molecule has 0 unspecified atom stereocenters. The zero-order valence-corrected chi connectivity index (χ0v) is 20.7. The third-order valence-electron chi connectivity index (χ3n) is 7.26. The fourth-order valence-electron chi connectivity index (χ4n) is 5.07. The summed E-state index contributed by atoms with van der Waals surface area (Å²) in [5.74, 6) is -2.91. The van der Waals surface area contributed by atoms with Gasteiger partial charge in [0, 0.05) is 25.5 Å². The summed E-state index contributed by atoms with van der Waals surface area (Å²) < 4.78 is 29.4. The highest BCUT2D eigenvalue weighted by molar-refractivity contribution is 5.92. The Morgan fingerprint density at radius 3 is 2.57 bits per heavy atom. The first kappa shape index (κ1) is 25.2. The van der Waals surface area contributed by atoms with Gasteiger partial charge >= 0.3 is 0 Å². The average Bonchev–Trinajstić information content (AvgIpc) is 3.64. The normalized spacial score (nSPS) is 19.3. The van der Waals surface area contributed by atoms with E-state index in [9.17, 15) is 18.4 Å². The van der Waals surface area contributed by atoms with Crippen LogP contribution in [0.4, 0.5) is 8.78 Å². The summed E-state index contributed by atoms with van der Waals surface area (Å²) in [4.78, 5) is 37.9. The minimum Gasteiger partial charge on any atom is -0.349 e. The number of alkyl halides is 2. The van der Waals surface area contributed by atoms with Crippen LogP contribution in [0.5, 0.6) is 0 Å². The zero-order valence-electron chi connectivity index (χ0n) is 20.7. The van der Waals surface area contributed by atoms with E-state index < -0.39 is 17.9 Å². The minimum absolute atomic E-state index is 0.0184. The number of rotatable bonds is 9. The Morgan fingerprint density at radius 1 is 1.14 bits per heavy atom. The first-order chi connectivity index (χ1) is 17.8. The summed E-state index contributed by atoms with van der Waals surface area (Å²) in [5.41, 5.74) is 2.21. The van der Waals surface area contributed by atoms with Crippen molar-refractivity contribution in [3.05, 3.63) is 54.0 Å². The second-order valence-electron chi connectivity index (χ2n) is 10.1. The van der Waals surface area contributed by atoms with E-state index >= 15 is 0 Å². The maximum absolute atomic E-state index is 13.9. The van der Waals surface area contributed by atoms with Crippen molar-refractivity contribution in [2.45, 2.75) is 76.3 Å². The first-order valence-electron chi connectivity index (χ1n) is 12.9. The smallest absolute Gasteiger partial charge is 0.270 e. The Kier molecular flexibility index (Phi) is 7.12. The fourth-order valence-corrected chi connectivity index (χ4v) is 5.07. The van der Waals surface area contributed by atoms with Gasteiger partial charge in [0.1, 0.15) is 12.0 Å². The predicted octanol–water partition coefficient (Wildman–Crippen LogP) is 4.18. The van der Waals surface area contributed by atoms with E-state index in [1.807, 2.05) is 13.0 Å². The van der Waals surface area contributed by atoms with Crippen LogP contribution >= 0.6 is 0 Å². The molecule has 9 nitrogen and oxygen atoms in total. The Hall–Kier alpha value is -3.50. The van der Waals surface area contributed by atoms with Crippen LogP contribution in [0.25, 0.3) is 5.65 Å². The molecule has 3 aromatic rings. The van der Waals surface area contributed by atoms with E-state index in [4.69, 9.17) is 4.98 Å². The van der Waals surface area contributed by atoms with Crippen molar-refractivity contribution < 1.29 is 18.4 Å². The number of imidazole rings is 1. The number of hydrogen-bond acceptors (Lipinski definition) is 6. The number of halogens is 2. The monoisotopic (exact) mass is 511 g/mol. The largest absolute Gasteiger partial charge is 0.349 e. The molecular weight excluding hydrogens is 480 g/mol. The molecule has 2 saturated carbocycles. The van der Waals surface area contributed by atoms with E-state index in [-0.39, 0.29) is 49.2 Å². The van der Waals surface area contributed by atoms with Crippen LogP contribution in [0.15, 0.2) is 37.1 Å². The van der Waals surface area contributed by atoms with E-state index in [0.717, 1.165) is 24.8 Å². The fraction of sp³-hybridized carbons (Fsp3) is 0.538. The van der Waals surface area contributed by atoms with Crippen molar-refractivity contribution in [3.8, 4) is 0 Å². The average molecular weight is 512 g/mol. The van der Waals surface area contributed by atoms with Crippen molar-refractivity contribution >= 4 is 17.5 Å². The maximum Gasteiger partial charge on any atom is 0.270 e. The van der Waals surface area contributed by atoms with Gasteiger partial charge in [0.05, 0.1) is 30.2 Å². The van der Waals surface area contributed by atoms with Gasteiger partial charge in [-0.15, -0.1) is 0 Å². The predicted molar refractivity (Wildman–Crippen MR) is 131 cm³/mol. The lowest BCUT2D eigenvalue weighted by molar-refractivity contribution is -0.122. The van der Waals surface area contributed by atoms with Crippen LogP contribution in [0.1, 0.15) is 92.1 Å². The summed E-state index contributed by atoms with van der Waals surface area (Å²) in [6.45, 7) is 1.97. The van der Waals surface area contributed by atoms with E-state index in [0.29, 0.717) is 23.7 Å². The molecule has 0 aromatic carbocycles. The molecule has 2 fully saturated rings. The third kappa shape index (κ3) is 5.91. The van der Waals surface area contributed by atoms with Crippen LogP contribution in [-0.4, -0.2) is 42.3 Å². The first-order valence-corrected chi connectivity index (χ1v) is 12.9. The number of carbonyl (C=O) groups excluding carboxylic acids is 2. The van der Waals surface area contributed by atoms with Gasteiger partial charge in [-0.05, 0) is 61.6 Å². The van der Waals surface area contributed by atoms with Crippen molar-refractivity contribution in [1.29, 1.82) is 0 Å². The second-order valence-corrected chi connectivity index (χ2v) is 10.1. The van der Waals surface area contributed by atoms with Gasteiger partial charge in [-0.2, -0.15) is 5.10 Å². The molecule has 0 radical (unpaired) electrons. The van der Waals surface area contributed by atoms with Crippen molar-refractivity contribution in [1.82, 2.24) is 35.2 Å². The van der Waals surface area contributed by atoms with Gasteiger partial charge in [-0.1, -0.05) is 6.92 Å². The van der Waals surface area contributed by atoms with Crippen LogP contribution in [-0.2, 0) is 4.79 Å². The molecule has 2 N–H and O–H groups in total. The lowest BCUT2D eigenvalue weighted by Gasteiger charge is -2.33. The number of fused-ring (bicyclic) bond motifs is 1. The Morgan fingerprint density at radius 2 is 1.89 bits per heavy atom.